The third-order valence-corrected chi connectivity index (χ3v) is 2.62. The number of ether oxygens (including phenoxy) is 2. The van der Waals surface area contributed by atoms with Gasteiger partial charge in [-0.25, -0.2) is 0 Å². The van der Waals surface area contributed by atoms with Crippen LogP contribution in [-0.2, 0) is 14.3 Å². The van der Waals surface area contributed by atoms with Crippen LogP contribution in [0.3, 0.4) is 0 Å². The minimum Gasteiger partial charge on any atom is -0.383 e. The topological polar surface area (TPSA) is 62.8 Å². The quantitative estimate of drug-likeness (QED) is 0.592. The van der Waals surface area contributed by atoms with E-state index in [4.69, 9.17) is 9.47 Å². The molecule has 0 unspecified atom stereocenters. The van der Waals surface area contributed by atoms with Crippen LogP contribution in [0.25, 0.3) is 0 Å². The van der Waals surface area contributed by atoms with E-state index in [1.807, 2.05) is 0 Å². The number of nitrogens with zero attached hydrogens (tertiary/aromatic N) is 1. The number of rotatable bonds is 8. The Morgan fingerprint density at radius 3 is 2.58 bits per heavy atom. The van der Waals surface area contributed by atoms with Gasteiger partial charge in [0.15, 0.2) is 0 Å². The zero-order valence-corrected chi connectivity index (χ0v) is 13.0. The molecule has 0 radical (unpaired) electrons. The van der Waals surface area contributed by atoms with Crippen molar-refractivity contribution in [1.29, 1.82) is 0 Å². The van der Waals surface area contributed by atoms with Crippen LogP contribution in [0.5, 0.6) is 0 Å². The molecule has 1 aliphatic heterocycles. The molecule has 0 atom stereocenters. The van der Waals surface area contributed by atoms with Gasteiger partial charge in [0.25, 0.3) is 0 Å². The Kier molecular flexibility index (Phi) is 16.0. The van der Waals surface area contributed by atoms with Crippen LogP contribution in [0.15, 0.2) is 0 Å². The smallest absolute Gasteiger partial charge is 0.234 e. The highest BCUT2D eigenvalue weighted by Crippen LogP contribution is 1.94. The minimum absolute atomic E-state index is 0. The van der Waals surface area contributed by atoms with Gasteiger partial charge in [-0.1, -0.05) is 0 Å². The Morgan fingerprint density at radius 1 is 1.26 bits per heavy atom. The van der Waals surface area contributed by atoms with Crippen molar-refractivity contribution < 1.29 is 14.3 Å². The number of carbonyl (C=O) groups is 1. The molecule has 6 nitrogen and oxygen atoms in total. The lowest BCUT2D eigenvalue weighted by molar-refractivity contribution is -0.120. The number of methoxy groups -OCH3 is 1. The molecule has 1 amide bonds. The van der Waals surface area contributed by atoms with E-state index >= 15 is 0 Å². The monoisotopic (exact) mass is 317 g/mol. The fourth-order valence-corrected chi connectivity index (χ4v) is 1.62. The minimum atomic E-state index is 0. The molecule has 1 heterocycles. The van der Waals surface area contributed by atoms with Gasteiger partial charge in [-0.3, -0.25) is 9.69 Å². The van der Waals surface area contributed by atoms with Crippen molar-refractivity contribution in [2.45, 2.75) is 0 Å². The molecule has 1 rings (SSSR count). The molecule has 1 fully saturated rings. The average Bonchev–Trinajstić information content (AvgIpc) is 2.36. The normalized spacial score (nSPS) is 15.2. The van der Waals surface area contributed by atoms with Crippen molar-refractivity contribution in [2.75, 3.05) is 66.2 Å². The molecular weight excluding hydrogens is 293 g/mol. The maximum atomic E-state index is 11.4. The summed E-state index contributed by atoms with van der Waals surface area (Å²) >= 11 is 0. The lowest BCUT2D eigenvalue weighted by atomic mass is 10.4. The molecule has 19 heavy (non-hydrogen) atoms. The second-order valence-electron chi connectivity index (χ2n) is 3.97. The number of nitrogens with one attached hydrogen (secondary N) is 2. The van der Waals surface area contributed by atoms with E-state index < -0.39 is 0 Å². The van der Waals surface area contributed by atoms with E-state index in [0.717, 1.165) is 32.8 Å². The van der Waals surface area contributed by atoms with E-state index in [1.54, 1.807) is 7.11 Å². The fourth-order valence-electron chi connectivity index (χ4n) is 1.62. The second-order valence-corrected chi connectivity index (χ2v) is 3.97. The van der Waals surface area contributed by atoms with Crippen molar-refractivity contribution in [2.24, 2.45) is 0 Å². The van der Waals surface area contributed by atoms with Gasteiger partial charge in [0.05, 0.1) is 26.4 Å². The molecular formula is C11H25Cl2N3O3. The Morgan fingerprint density at radius 2 is 1.95 bits per heavy atom. The van der Waals surface area contributed by atoms with Crippen LogP contribution >= 0.6 is 24.8 Å². The van der Waals surface area contributed by atoms with Crippen molar-refractivity contribution in [3.05, 3.63) is 0 Å². The molecule has 8 heteroatoms. The van der Waals surface area contributed by atoms with Crippen LogP contribution in [-0.4, -0.2) is 77.0 Å². The number of halogens is 2. The third-order valence-electron chi connectivity index (χ3n) is 2.62. The standard InChI is InChI=1S/C11H23N3O3.2ClH/c1-16-7-3-12-10-11(15)13-2-4-14-5-8-17-9-6-14;;/h12H,2-10H2,1H3,(H,13,15);2*1H. The number of hydrogen-bond acceptors (Lipinski definition) is 5. The van der Waals surface area contributed by atoms with Crippen LogP contribution in [0.1, 0.15) is 0 Å². The van der Waals surface area contributed by atoms with Gasteiger partial charge in [0.1, 0.15) is 0 Å². The summed E-state index contributed by atoms with van der Waals surface area (Å²) in [6.45, 7) is 6.79. The largest absolute Gasteiger partial charge is 0.383 e. The maximum absolute atomic E-state index is 11.4. The van der Waals surface area contributed by atoms with Crippen molar-refractivity contribution in [3.8, 4) is 0 Å². The first-order valence-electron chi connectivity index (χ1n) is 6.09. The van der Waals surface area contributed by atoms with Crippen LogP contribution in [0.4, 0.5) is 0 Å². The zero-order chi connectivity index (χ0) is 12.3. The predicted molar refractivity (Wildman–Crippen MR) is 79.5 cm³/mol. The number of hydrogen-bond donors (Lipinski definition) is 2. The number of carbonyl (C=O) groups excluding carboxylic acids is 1. The summed E-state index contributed by atoms with van der Waals surface area (Å²) in [4.78, 5) is 13.7. The van der Waals surface area contributed by atoms with E-state index in [-0.39, 0.29) is 30.7 Å². The summed E-state index contributed by atoms with van der Waals surface area (Å²) in [7, 11) is 1.64. The van der Waals surface area contributed by atoms with Crippen LogP contribution in [0.2, 0.25) is 0 Å². The molecule has 2 N–H and O–H groups in total. The summed E-state index contributed by atoms with van der Waals surface area (Å²) in [5.74, 6) is 0.0364. The van der Waals surface area contributed by atoms with E-state index in [1.165, 1.54) is 0 Å². The number of amides is 1. The average molecular weight is 318 g/mol. The maximum Gasteiger partial charge on any atom is 0.234 e. The third kappa shape index (κ3) is 11.4. The Labute approximate surface area is 127 Å². The number of morpholine rings is 1. The molecule has 0 bridgehead atoms. The van der Waals surface area contributed by atoms with E-state index in [0.29, 0.717) is 26.2 Å². The highest BCUT2D eigenvalue weighted by Gasteiger charge is 2.09. The van der Waals surface area contributed by atoms with Gasteiger partial charge < -0.3 is 20.1 Å². The zero-order valence-electron chi connectivity index (χ0n) is 11.4. The molecule has 0 aromatic heterocycles. The van der Waals surface area contributed by atoms with E-state index in [2.05, 4.69) is 15.5 Å². The molecule has 0 aromatic rings. The summed E-state index contributed by atoms with van der Waals surface area (Å²) in [6.07, 6.45) is 0. The Hall–Kier alpha value is -0.110. The first kappa shape index (κ1) is 21.2. The van der Waals surface area contributed by atoms with Gasteiger partial charge >= 0.3 is 0 Å². The molecule has 0 aliphatic carbocycles. The SMILES string of the molecule is COCCNCC(=O)NCCN1CCOCC1.Cl.Cl. The van der Waals surface area contributed by atoms with Crippen molar-refractivity contribution in [3.63, 3.8) is 0 Å². The van der Waals surface area contributed by atoms with Gasteiger partial charge in [-0.15, -0.1) is 24.8 Å². The van der Waals surface area contributed by atoms with Crippen molar-refractivity contribution in [1.82, 2.24) is 15.5 Å². The summed E-state index contributed by atoms with van der Waals surface area (Å²) in [6, 6.07) is 0. The predicted octanol–water partition coefficient (Wildman–Crippen LogP) is -0.486. The van der Waals surface area contributed by atoms with Gasteiger partial charge in [0.2, 0.25) is 5.91 Å². The van der Waals surface area contributed by atoms with Gasteiger partial charge in [-0.05, 0) is 0 Å². The molecule has 0 saturated carbocycles. The van der Waals surface area contributed by atoms with Crippen LogP contribution < -0.4 is 10.6 Å². The van der Waals surface area contributed by atoms with Crippen LogP contribution in [0, 0.1) is 0 Å². The molecule has 0 spiro atoms. The fraction of sp³-hybridized carbons (Fsp3) is 0.909. The van der Waals surface area contributed by atoms with E-state index in [9.17, 15) is 4.79 Å². The first-order chi connectivity index (χ1) is 8.33. The highest BCUT2D eigenvalue weighted by molar-refractivity contribution is 5.85. The summed E-state index contributed by atoms with van der Waals surface area (Å²) < 4.78 is 10.1. The molecule has 116 valence electrons. The van der Waals surface area contributed by atoms with Gasteiger partial charge in [-0.2, -0.15) is 0 Å². The summed E-state index contributed by atoms with van der Waals surface area (Å²) in [5.41, 5.74) is 0. The lowest BCUT2D eigenvalue weighted by Gasteiger charge is -2.26. The lowest BCUT2D eigenvalue weighted by Crippen LogP contribution is -2.43. The van der Waals surface area contributed by atoms with Crippen molar-refractivity contribution >= 4 is 30.7 Å². The molecule has 1 aliphatic rings. The molecule has 1 saturated heterocycles. The Balaban J connectivity index is 0. The Bertz CT molecular complexity index is 217. The first-order valence-corrected chi connectivity index (χ1v) is 6.09. The van der Waals surface area contributed by atoms with Gasteiger partial charge in [0, 0.05) is 39.8 Å². The summed E-state index contributed by atoms with van der Waals surface area (Å²) in [5, 5.41) is 5.89. The second kappa shape index (κ2) is 14.3. The highest BCUT2D eigenvalue weighted by atomic mass is 35.5. The molecule has 0 aromatic carbocycles.